The van der Waals surface area contributed by atoms with Crippen LogP contribution in [0.2, 0.25) is 0 Å². The summed E-state index contributed by atoms with van der Waals surface area (Å²) in [5.41, 5.74) is 1.91. The summed E-state index contributed by atoms with van der Waals surface area (Å²) in [5.74, 6) is -1.35. The third kappa shape index (κ3) is 9.03. The van der Waals surface area contributed by atoms with Gasteiger partial charge in [-0.05, 0) is 72.3 Å². The fourth-order valence-corrected chi connectivity index (χ4v) is 4.52. The Morgan fingerprint density at radius 1 is 1.05 bits per heavy atom. The van der Waals surface area contributed by atoms with Gasteiger partial charge in [0, 0.05) is 12.6 Å². The summed E-state index contributed by atoms with van der Waals surface area (Å²) in [6.07, 6.45) is 1.83. The maximum Gasteiger partial charge on any atom is 0.408 e. The normalized spacial score (nSPS) is 15.2. The first-order valence-electron chi connectivity index (χ1n) is 13.6. The first kappa shape index (κ1) is 31.1. The summed E-state index contributed by atoms with van der Waals surface area (Å²) in [4.78, 5) is 54.0. The van der Waals surface area contributed by atoms with Crippen LogP contribution in [0.1, 0.15) is 90.0 Å². The van der Waals surface area contributed by atoms with E-state index in [0.29, 0.717) is 5.56 Å². The molecule has 0 bridgehead atoms. The molecule has 0 saturated heterocycles. The van der Waals surface area contributed by atoms with Crippen LogP contribution in [-0.4, -0.2) is 59.6 Å². The van der Waals surface area contributed by atoms with E-state index in [1.165, 1.54) is 0 Å². The van der Waals surface area contributed by atoms with Crippen molar-refractivity contribution in [1.82, 2.24) is 15.5 Å². The van der Waals surface area contributed by atoms with E-state index in [4.69, 9.17) is 9.47 Å². The molecular formula is C29H45N3O6. The van der Waals surface area contributed by atoms with E-state index in [1.807, 2.05) is 45.9 Å². The van der Waals surface area contributed by atoms with Gasteiger partial charge in [0.15, 0.2) is 0 Å². The lowest BCUT2D eigenvalue weighted by molar-refractivity contribution is -0.148. The Kier molecular flexibility index (Phi) is 11.2. The predicted octanol–water partition coefficient (Wildman–Crippen LogP) is 4.34. The second-order valence-electron chi connectivity index (χ2n) is 11.4. The molecule has 2 atom stereocenters. The summed E-state index contributed by atoms with van der Waals surface area (Å²) < 4.78 is 10.4. The van der Waals surface area contributed by atoms with Crippen molar-refractivity contribution in [2.75, 3.05) is 13.2 Å². The van der Waals surface area contributed by atoms with Crippen molar-refractivity contribution in [2.24, 2.45) is 5.92 Å². The number of ether oxygens (including phenoxy) is 2. The molecule has 0 spiro atoms. The lowest BCUT2D eigenvalue weighted by Crippen LogP contribution is -2.58. The van der Waals surface area contributed by atoms with Gasteiger partial charge in [0.1, 0.15) is 17.7 Å². The first-order chi connectivity index (χ1) is 17.7. The van der Waals surface area contributed by atoms with E-state index in [1.54, 1.807) is 32.6 Å². The van der Waals surface area contributed by atoms with Gasteiger partial charge >= 0.3 is 12.1 Å². The molecule has 1 saturated carbocycles. The highest BCUT2D eigenvalue weighted by Crippen LogP contribution is 2.35. The Morgan fingerprint density at radius 3 is 2.13 bits per heavy atom. The molecular weight excluding hydrogens is 486 g/mol. The molecule has 212 valence electrons. The van der Waals surface area contributed by atoms with Crippen molar-refractivity contribution in [2.45, 2.75) is 105 Å². The van der Waals surface area contributed by atoms with Crippen LogP contribution in [0.5, 0.6) is 0 Å². The van der Waals surface area contributed by atoms with E-state index in [9.17, 15) is 19.2 Å². The van der Waals surface area contributed by atoms with Gasteiger partial charge in [0.05, 0.1) is 13.0 Å². The number of carbonyl (C=O) groups is 4. The third-order valence-electron chi connectivity index (χ3n) is 6.35. The molecule has 0 heterocycles. The van der Waals surface area contributed by atoms with Crippen molar-refractivity contribution >= 4 is 23.9 Å². The van der Waals surface area contributed by atoms with E-state index < -0.39 is 29.7 Å². The summed E-state index contributed by atoms with van der Waals surface area (Å²) in [5, 5.41) is 5.59. The van der Waals surface area contributed by atoms with Gasteiger partial charge in [-0.15, -0.1) is 0 Å². The van der Waals surface area contributed by atoms with Gasteiger partial charge in [-0.1, -0.05) is 43.2 Å². The zero-order chi connectivity index (χ0) is 28.6. The monoisotopic (exact) mass is 531 g/mol. The molecule has 1 aliphatic carbocycles. The maximum absolute atomic E-state index is 14.2. The largest absolute Gasteiger partial charge is 0.466 e. The van der Waals surface area contributed by atoms with E-state index in [2.05, 4.69) is 10.6 Å². The predicted molar refractivity (Wildman–Crippen MR) is 145 cm³/mol. The quantitative estimate of drug-likeness (QED) is 0.411. The van der Waals surface area contributed by atoms with Gasteiger partial charge < -0.3 is 25.0 Å². The van der Waals surface area contributed by atoms with Gasteiger partial charge in [-0.25, -0.2) is 4.79 Å². The molecule has 1 aliphatic rings. The van der Waals surface area contributed by atoms with Crippen LogP contribution in [-0.2, 0) is 23.9 Å². The van der Waals surface area contributed by atoms with Gasteiger partial charge in [0.2, 0.25) is 11.8 Å². The Bertz CT molecular complexity index is 976. The van der Waals surface area contributed by atoms with Crippen molar-refractivity contribution in [1.29, 1.82) is 0 Å². The summed E-state index contributed by atoms with van der Waals surface area (Å²) in [6, 6.07) is 3.88. The molecule has 1 aromatic rings. The number of nitrogens with one attached hydrogen (secondary N) is 2. The Labute approximate surface area is 227 Å². The Balaban J connectivity index is 2.45. The van der Waals surface area contributed by atoms with Crippen LogP contribution in [0, 0.1) is 19.8 Å². The van der Waals surface area contributed by atoms with Crippen LogP contribution in [0.25, 0.3) is 0 Å². The average Bonchev–Trinajstić information content (AvgIpc) is 2.73. The fourth-order valence-electron chi connectivity index (χ4n) is 4.52. The van der Waals surface area contributed by atoms with Gasteiger partial charge in [0.25, 0.3) is 0 Å². The number of hydrogen-bond acceptors (Lipinski definition) is 6. The first-order valence-corrected chi connectivity index (χ1v) is 13.6. The van der Waals surface area contributed by atoms with Crippen LogP contribution in [0.3, 0.4) is 0 Å². The van der Waals surface area contributed by atoms with E-state index in [0.717, 1.165) is 30.4 Å². The molecule has 2 rings (SSSR count). The van der Waals surface area contributed by atoms with Crippen molar-refractivity contribution < 1.29 is 28.7 Å². The summed E-state index contributed by atoms with van der Waals surface area (Å²) in [7, 11) is 0. The maximum atomic E-state index is 14.2. The lowest BCUT2D eigenvalue weighted by atomic mass is 9.86. The van der Waals surface area contributed by atoms with Crippen molar-refractivity contribution in [3.8, 4) is 0 Å². The minimum Gasteiger partial charge on any atom is -0.466 e. The molecule has 1 aromatic carbocycles. The highest BCUT2D eigenvalue weighted by atomic mass is 16.6. The number of hydrogen-bond donors (Lipinski definition) is 2. The second kappa shape index (κ2) is 13.6. The van der Waals surface area contributed by atoms with E-state index in [-0.39, 0.29) is 43.3 Å². The molecule has 2 unspecified atom stereocenters. The molecule has 0 aromatic heterocycles. The molecule has 3 amide bonds. The highest BCUT2D eigenvalue weighted by molar-refractivity contribution is 5.92. The number of rotatable bonds is 11. The number of esters is 1. The Hall–Kier alpha value is -3.10. The second-order valence-corrected chi connectivity index (χ2v) is 11.4. The number of alkyl carbamates (subject to hydrolysis) is 1. The topological polar surface area (TPSA) is 114 Å². The van der Waals surface area contributed by atoms with Crippen molar-refractivity contribution in [3.05, 3.63) is 34.9 Å². The molecule has 0 radical (unpaired) electrons. The minimum absolute atomic E-state index is 0.0331. The smallest absolute Gasteiger partial charge is 0.408 e. The number of benzene rings is 1. The van der Waals surface area contributed by atoms with Crippen LogP contribution >= 0.6 is 0 Å². The fraction of sp³-hybridized carbons (Fsp3) is 0.655. The number of nitrogens with zero attached hydrogens (tertiary/aromatic N) is 1. The van der Waals surface area contributed by atoms with Crippen LogP contribution in [0.15, 0.2) is 18.2 Å². The minimum atomic E-state index is -0.921. The number of aryl methyl sites for hydroxylation is 2. The molecule has 9 nitrogen and oxygen atoms in total. The zero-order valence-corrected chi connectivity index (χ0v) is 24.2. The zero-order valence-electron chi connectivity index (χ0n) is 24.2. The molecule has 9 heteroatoms. The standard InChI is InChI=1S/C29H45N3O6/c1-9-37-23(33)13-14-30-26(34)25(21-16-19(4)15-20(5)17-21)32(22-11-10-12-22)27(35)24(18(2)3)31-28(36)38-29(6,7)8/h15-18,22,24-25H,9-14H2,1-8H3,(H,30,34)(H,31,36). The molecule has 0 aliphatic heterocycles. The van der Waals surface area contributed by atoms with Crippen LogP contribution < -0.4 is 10.6 Å². The average molecular weight is 532 g/mol. The number of carbonyl (C=O) groups excluding carboxylic acids is 4. The molecule has 2 N–H and O–H groups in total. The third-order valence-corrected chi connectivity index (χ3v) is 6.35. The van der Waals surface area contributed by atoms with Crippen molar-refractivity contribution in [3.63, 3.8) is 0 Å². The van der Waals surface area contributed by atoms with Gasteiger partial charge in [-0.3, -0.25) is 14.4 Å². The molecule has 38 heavy (non-hydrogen) atoms. The molecule has 1 fully saturated rings. The number of amides is 3. The van der Waals surface area contributed by atoms with Crippen LogP contribution in [0.4, 0.5) is 4.79 Å². The highest BCUT2D eigenvalue weighted by Gasteiger charge is 2.42. The summed E-state index contributed by atoms with van der Waals surface area (Å²) >= 11 is 0. The summed E-state index contributed by atoms with van der Waals surface area (Å²) in [6.45, 7) is 15.0. The lowest BCUT2D eigenvalue weighted by Gasteiger charge is -2.44. The Morgan fingerprint density at radius 2 is 1.66 bits per heavy atom. The van der Waals surface area contributed by atoms with Gasteiger partial charge in [-0.2, -0.15) is 0 Å². The van der Waals surface area contributed by atoms with E-state index >= 15 is 0 Å². The SMILES string of the molecule is CCOC(=O)CCNC(=O)C(c1cc(C)cc(C)c1)N(C(=O)C(NC(=O)OC(C)(C)C)C(C)C)C1CCC1.